The number of hydrogen-bond acceptors (Lipinski definition) is 7. The summed E-state index contributed by atoms with van der Waals surface area (Å²) in [5.74, 6) is -0.498. The van der Waals surface area contributed by atoms with Crippen LogP contribution in [0, 0.1) is 0 Å². The number of Topliss-reactive ketones (excluding diaryl/α,β-unsaturated/α-hetero) is 1. The Morgan fingerprint density at radius 3 is 2.83 bits per heavy atom. The first kappa shape index (κ1) is 19.8. The molecule has 0 unspecified atom stereocenters. The molecule has 1 aromatic carbocycles. The minimum atomic E-state index is -3.64. The van der Waals surface area contributed by atoms with Gasteiger partial charge in [-0.1, -0.05) is 29.8 Å². The maximum Gasteiger partial charge on any atom is 0.240 e. The number of halogens is 1. The number of sulfonamides is 1. The lowest BCUT2D eigenvalue weighted by Crippen LogP contribution is -2.54. The van der Waals surface area contributed by atoms with Gasteiger partial charge < -0.3 is 10.5 Å². The third-order valence-electron chi connectivity index (χ3n) is 5.14. The zero-order valence-electron chi connectivity index (χ0n) is 15.6. The fraction of sp³-hybridized carbons (Fsp3) is 0.316. The number of fused-ring (bicyclic) bond motifs is 2. The Morgan fingerprint density at radius 1 is 1.34 bits per heavy atom. The van der Waals surface area contributed by atoms with Crippen LogP contribution in [-0.4, -0.2) is 48.9 Å². The van der Waals surface area contributed by atoms with Crippen molar-refractivity contribution in [3.05, 3.63) is 63.9 Å². The first-order chi connectivity index (χ1) is 13.7. The second-order valence-corrected chi connectivity index (χ2v) is 9.61. The average molecular weight is 435 g/mol. The van der Waals surface area contributed by atoms with E-state index in [1.54, 1.807) is 12.1 Å². The van der Waals surface area contributed by atoms with Crippen molar-refractivity contribution in [2.24, 2.45) is 10.7 Å². The summed E-state index contributed by atoms with van der Waals surface area (Å²) < 4.78 is 31.8. The van der Waals surface area contributed by atoms with Crippen molar-refractivity contribution in [3.8, 4) is 0 Å². The summed E-state index contributed by atoms with van der Waals surface area (Å²) >= 11 is 5.82. The maximum atomic E-state index is 12.6. The smallest absolute Gasteiger partial charge is 0.240 e. The monoisotopic (exact) mass is 434 g/mol. The topological polar surface area (TPSA) is 115 Å². The molecule has 2 aliphatic heterocycles. The number of aliphatic imine (C=N–C) groups is 1. The fourth-order valence-electron chi connectivity index (χ4n) is 3.59. The van der Waals surface area contributed by atoms with Gasteiger partial charge in [-0.3, -0.25) is 9.78 Å². The lowest BCUT2D eigenvalue weighted by atomic mass is 9.85. The second-order valence-electron chi connectivity index (χ2n) is 7.17. The molecular weight excluding hydrogens is 416 g/mol. The predicted octanol–water partition coefficient (Wildman–Crippen LogP) is 1.48. The molecular formula is C19H19ClN4O4S. The number of carbonyl (C=O) groups is 1. The molecule has 8 nitrogen and oxygen atoms in total. The zero-order chi connectivity index (χ0) is 20.8. The van der Waals surface area contributed by atoms with E-state index in [1.165, 1.54) is 13.2 Å². The molecule has 4 rings (SSSR count). The highest BCUT2D eigenvalue weighted by atomic mass is 35.5. The number of nitrogens with zero attached hydrogens (tertiary/aromatic N) is 3. The van der Waals surface area contributed by atoms with E-state index in [9.17, 15) is 13.2 Å². The van der Waals surface area contributed by atoms with Crippen LogP contribution in [0.4, 0.5) is 0 Å². The highest BCUT2D eigenvalue weighted by Gasteiger charge is 2.46. The van der Waals surface area contributed by atoms with Gasteiger partial charge in [0.05, 0.1) is 18.2 Å². The molecule has 3 heterocycles. The lowest BCUT2D eigenvalue weighted by molar-refractivity contribution is 0.0603. The van der Waals surface area contributed by atoms with Crippen molar-refractivity contribution in [1.82, 2.24) is 9.29 Å². The van der Waals surface area contributed by atoms with E-state index in [0.717, 1.165) is 21.0 Å². The number of ketones is 1. The molecule has 2 aliphatic rings. The van der Waals surface area contributed by atoms with Crippen molar-refractivity contribution in [3.63, 3.8) is 0 Å². The molecule has 0 saturated carbocycles. The quantitative estimate of drug-likeness (QED) is 0.731. The van der Waals surface area contributed by atoms with Crippen LogP contribution in [0.2, 0.25) is 5.02 Å². The first-order valence-corrected chi connectivity index (χ1v) is 10.9. The highest BCUT2D eigenvalue weighted by molar-refractivity contribution is 7.89. The molecule has 1 spiro atoms. The van der Waals surface area contributed by atoms with Gasteiger partial charge in [0.1, 0.15) is 17.0 Å². The van der Waals surface area contributed by atoms with E-state index in [2.05, 4.69) is 9.98 Å². The molecule has 0 saturated heterocycles. The molecule has 0 radical (unpaired) electrons. The van der Waals surface area contributed by atoms with Crippen molar-refractivity contribution in [1.29, 1.82) is 0 Å². The number of aromatic nitrogens is 1. The first-order valence-electron chi connectivity index (χ1n) is 8.87. The van der Waals surface area contributed by atoms with Gasteiger partial charge in [-0.05, 0) is 28.8 Å². The predicted molar refractivity (Wildman–Crippen MR) is 108 cm³/mol. The van der Waals surface area contributed by atoms with E-state index in [1.807, 2.05) is 18.2 Å². The molecule has 10 heteroatoms. The minimum Gasteiger partial charge on any atom is -0.374 e. The summed E-state index contributed by atoms with van der Waals surface area (Å²) in [7, 11) is -2.26. The van der Waals surface area contributed by atoms with Crippen molar-refractivity contribution in [2.45, 2.75) is 18.6 Å². The average Bonchev–Trinajstić information content (AvgIpc) is 2.67. The Hall–Kier alpha value is -2.49. The van der Waals surface area contributed by atoms with E-state index in [0.29, 0.717) is 17.3 Å². The van der Waals surface area contributed by atoms with Gasteiger partial charge in [0.15, 0.2) is 5.78 Å². The maximum absolute atomic E-state index is 12.6. The summed E-state index contributed by atoms with van der Waals surface area (Å²) in [4.78, 5) is 21.1. The Kier molecular flexibility index (Phi) is 4.84. The van der Waals surface area contributed by atoms with Gasteiger partial charge in [0.25, 0.3) is 0 Å². The van der Waals surface area contributed by atoms with E-state index < -0.39 is 15.6 Å². The van der Waals surface area contributed by atoms with Crippen LogP contribution in [0.15, 0.2) is 41.5 Å². The number of benzene rings is 1. The Bertz CT molecular complexity index is 1120. The number of carbonyl (C=O) groups excluding carboxylic acids is 1. The summed E-state index contributed by atoms with van der Waals surface area (Å²) in [6.45, 7) is 0.444. The summed E-state index contributed by atoms with van der Waals surface area (Å²) in [5.41, 5.74) is 7.36. The van der Waals surface area contributed by atoms with E-state index in [4.69, 9.17) is 22.1 Å². The van der Waals surface area contributed by atoms with Crippen LogP contribution < -0.4 is 5.73 Å². The zero-order valence-corrected chi connectivity index (χ0v) is 17.2. The molecule has 1 aromatic heterocycles. The number of hydrogen-bond donors (Lipinski definition) is 1. The summed E-state index contributed by atoms with van der Waals surface area (Å²) in [6.07, 6.45) is 1.54. The number of rotatable bonds is 3. The van der Waals surface area contributed by atoms with Crippen molar-refractivity contribution >= 4 is 33.4 Å². The van der Waals surface area contributed by atoms with Crippen LogP contribution >= 0.6 is 11.6 Å². The number of ether oxygens (including phenoxy) is 1. The van der Waals surface area contributed by atoms with Gasteiger partial charge in [-0.25, -0.2) is 17.7 Å². The van der Waals surface area contributed by atoms with Crippen LogP contribution in [0.5, 0.6) is 0 Å². The Labute approximate surface area is 173 Å². The highest BCUT2D eigenvalue weighted by Crippen LogP contribution is 2.38. The SMILES string of the molecule is CN1C(N)=N[C@@]2(COCc3ccc(CC(=O)c4ccc(Cl)cn4)cc32)CS1(=O)=O. The Morgan fingerprint density at radius 2 is 2.14 bits per heavy atom. The molecule has 152 valence electrons. The number of guanidine groups is 1. The van der Waals surface area contributed by atoms with Gasteiger partial charge >= 0.3 is 0 Å². The normalized spacial score (nSPS) is 22.8. The number of nitrogens with two attached hydrogens (primary N) is 1. The third kappa shape index (κ3) is 3.61. The summed E-state index contributed by atoms with van der Waals surface area (Å²) in [6, 6.07) is 8.68. The van der Waals surface area contributed by atoms with E-state index >= 15 is 0 Å². The molecule has 2 aromatic rings. The van der Waals surface area contributed by atoms with Crippen LogP contribution in [0.1, 0.15) is 27.2 Å². The van der Waals surface area contributed by atoms with Gasteiger partial charge in [-0.2, -0.15) is 0 Å². The van der Waals surface area contributed by atoms with Crippen molar-refractivity contribution in [2.75, 3.05) is 19.4 Å². The molecule has 2 N–H and O–H groups in total. The van der Waals surface area contributed by atoms with Crippen LogP contribution in [0.3, 0.4) is 0 Å². The molecule has 0 amide bonds. The minimum absolute atomic E-state index is 0.0838. The molecule has 29 heavy (non-hydrogen) atoms. The molecule has 0 bridgehead atoms. The van der Waals surface area contributed by atoms with Crippen LogP contribution in [-0.2, 0) is 33.3 Å². The van der Waals surface area contributed by atoms with Gasteiger partial charge in [0.2, 0.25) is 16.0 Å². The molecule has 0 fully saturated rings. The lowest BCUT2D eigenvalue weighted by Gasteiger charge is -2.40. The standard InChI is InChI=1S/C19H19ClN4O4S/c1-24-18(21)23-19(11-29(24,26)27)10-28-9-13-3-2-12(6-15(13)19)7-17(25)16-5-4-14(20)8-22-16/h2-6,8H,7,9-11H2,1H3,(H2,21,23)/t19-/m0/s1. The fourth-order valence-corrected chi connectivity index (χ4v) is 5.13. The van der Waals surface area contributed by atoms with Crippen LogP contribution in [0.25, 0.3) is 0 Å². The van der Waals surface area contributed by atoms with E-state index in [-0.39, 0.29) is 30.5 Å². The Balaban J connectivity index is 1.71. The van der Waals surface area contributed by atoms with Gasteiger partial charge in [0, 0.05) is 19.7 Å². The molecule has 0 aliphatic carbocycles. The van der Waals surface area contributed by atoms with Crippen molar-refractivity contribution < 1.29 is 17.9 Å². The summed E-state index contributed by atoms with van der Waals surface area (Å²) in [5, 5.41) is 0.455. The third-order valence-corrected chi connectivity index (χ3v) is 7.23. The van der Waals surface area contributed by atoms with Gasteiger partial charge in [-0.15, -0.1) is 0 Å². The second kappa shape index (κ2) is 7.08. The largest absolute Gasteiger partial charge is 0.374 e. The number of pyridine rings is 1. The molecule has 1 atom stereocenters.